The molecule has 9 nitrogen and oxygen atoms in total. The summed E-state index contributed by atoms with van der Waals surface area (Å²) in [5.74, 6) is -0.970. The number of hydrogen-bond donors (Lipinski definition) is 4. The zero-order chi connectivity index (χ0) is 27.4. The number of aldehydes is 2. The first-order valence-electron chi connectivity index (χ1n) is 12.8. The van der Waals surface area contributed by atoms with Gasteiger partial charge in [0.1, 0.15) is 12.6 Å². The van der Waals surface area contributed by atoms with Gasteiger partial charge in [0, 0.05) is 42.4 Å². The predicted octanol–water partition coefficient (Wildman–Crippen LogP) is 2.97. The Bertz CT molecular complexity index is 1000. The van der Waals surface area contributed by atoms with E-state index in [2.05, 4.69) is 15.5 Å². The van der Waals surface area contributed by atoms with Crippen molar-refractivity contribution in [3.05, 3.63) is 34.9 Å². The number of piperidine rings is 1. The zero-order valence-electron chi connectivity index (χ0n) is 21.7. The first-order chi connectivity index (χ1) is 17.3. The molecule has 1 saturated carbocycles. The lowest BCUT2D eigenvalue weighted by molar-refractivity contribution is -0.131. The molecule has 2 fully saturated rings. The van der Waals surface area contributed by atoms with Crippen molar-refractivity contribution < 1.29 is 29.4 Å². The molecule has 37 heavy (non-hydrogen) atoms. The van der Waals surface area contributed by atoms with Crippen LogP contribution in [-0.4, -0.2) is 70.9 Å². The van der Waals surface area contributed by atoms with Crippen molar-refractivity contribution in [1.82, 2.24) is 15.5 Å². The van der Waals surface area contributed by atoms with Gasteiger partial charge in [0.25, 0.3) is 0 Å². The average molecular weight is 536 g/mol. The van der Waals surface area contributed by atoms with Gasteiger partial charge in [-0.1, -0.05) is 44.5 Å². The van der Waals surface area contributed by atoms with Crippen LogP contribution in [0.25, 0.3) is 0 Å². The van der Waals surface area contributed by atoms with E-state index >= 15 is 0 Å². The van der Waals surface area contributed by atoms with Gasteiger partial charge in [-0.3, -0.25) is 4.79 Å². The van der Waals surface area contributed by atoms with Crippen molar-refractivity contribution >= 4 is 36.2 Å². The van der Waals surface area contributed by atoms with Gasteiger partial charge in [-0.25, -0.2) is 4.79 Å². The van der Waals surface area contributed by atoms with Gasteiger partial charge in [0.2, 0.25) is 5.91 Å². The van der Waals surface area contributed by atoms with Crippen LogP contribution in [0.5, 0.6) is 0 Å². The lowest BCUT2D eigenvalue weighted by atomic mass is 9.66. The number of halogens is 1. The van der Waals surface area contributed by atoms with E-state index in [1.54, 1.807) is 12.1 Å². The molecule has 1 aliphatic carbocycles. The van der Waals surface area contributed by atoms with Gasteiger partial charge >= 0.3 is 6.09 Å². The maximum atomic E-state index is 13.0. The Balaban J connectivity index is 1.60. The Hall–Kier alpha value is -2.49. The summed E-state index contributed by atoms with van der Waals surface area (Å²) in [6.07, 6.45) is 1.74. The molecule has 4 N–H and O–H groups in total. The summed E-state index contributed by atoms with van der Waals surface area (Å²) in [6.45, 7) is 7.74. The standard InChI is InChI=1S/C27H38ClN3O6/c1-18(15-31-12-10-27(37,25(2,3)17-31)20-4-6-21(28)7-5-20)22(16-33)29-23(34)19-8-9-26(14-19,11-13-32)30-24(35)36/h4-7,13,16,18-19,22,30,37H,8-12,14-15,17H2,1-3H3,(H,29,34)(H,35,36)/t18-,19+,22?,26?,27-/m0/s1. The number of rotatable bonds is 10. The van der Waals surface area contributed by atoms with Crippen LogP contribution in [0.2, 0.25) is 5.02 Å². The Kier molecular flexibility index (Phi) is 9.03. The van der Waals surface area contributed by atoms with Crippen LogP contribution in [0.3, 0.4) is 0 Å². The second-order valence-electron chi connectivity index (χ2n) is 11.4. The van der Waals surface area contributed by atoms with E-state index in [0.29, 0.717) is 50.2 Å². The third-order valence-corrected chi connectivity index (χ3v) is 8.54. The molecular weight excluding hydrogens is 498 g/mol. The number of nitrogens with one attached hydrogen (secondary N) is 2. The molecule has 1 aromatic carbocycles. The van der Waals surface area contributed by atoms with Crippen molar-refractivity contribution in [2.75, 3.05) is 19.6 Å². The summed E-state index contributed by atoms with van der Waals surface area (Å²) in [4.78, 5) is 49.4. The summed E-state index contributed by atoms with van der Waals surface area (Å²) in [7, 11) is 0. The topological polar surface area (TPSA) is 136 Å². The maximum absolute atomic E-state index is 13.0. The highest BCUT2D eigenvalue weighted by Crippen LogP contribution is 2.46. The van der Waals surface area contributed by atoms with Crippen molar-refractivity contribution in [1.29, 1.82) is 0 Å². The number of benzene rings is 1. The molecule has 5 atom stereocenters. The fraction of sp³-hybridized carbons (Fsp3) is 0.630. The van der Waals surface area contributed by atoms with E-state index in [1.807, 2.05) is 32.9 Å². The van der Waals surface area contributed by atoms with E-state index in [1.165, 1.54) is 0 Å². The minimum absolute atomic E-state index is 0.00368. The van der Waals surface area contributed by atoms with Gasteiger partial charge in [0.15, 0.2) is 0 Å². The van der Waals surface area contributed by atoms with E-state index < -0.39 is 34.6 Å². The smallest absolute Gasteiger partial charge is 0.405 e. The minimum Gasteiger partial charge on any atom is -0.465 e. The average Bonchev–Trinajstić information content (AvgIpc) is 3.23. The molecule has 1 aromatic rings. The second-order valence-corrected chi connectivity index (χ2v) is 11.8. The molecule has 0 bridgehead atoms. The van der Waals surface area contributed by atoms with Crippen LogP contribution < -0.4 is 10.6 Å². The first kappa shape index (κ1) is 29.1. The van der Waals surface area contributed by atoms with E-state index in [4.69, 9.17) is 16.7 Å². The van der Waals surface area contributed by atoms with Crippen LogP contribution in [0.1, 0.15) is 58.4 Å². The highest BCUT2D eigenvalue weighted by atomic mass is 35.5. The molecule has 1 heterocycles. The summed E-state index contributed by atoms with van der Waals surface area (Å²) in [5, 5.41) is 26.6. The van der Waals surface area contributed by atoms with Crippen LogP contribution in [0.4, 0.5) is 4.79 Å². The number of aliphatic hydroxyl groups is 1. The summed E-state index contributed by atoms with van der Waals surface area (Å²) < 4.78 is 0. The van der Waals surface area contributed by atoms with Gasteiger partial charge in [-0.2, -0.15) is 0 Å². The molecule has 204 valence electrons. The van der Waals surface area contributed by atoms with Crippen LogP contribution in [0, 0.1) is 17.3 Å². The fourth-order valence-electron chi connectivity index (χ4n) is 6.04. The number of carboxylic acid groups (broad SMARTS) is 1. The molecule has 2 unspecified atom stereocenters. The number of hydrogen-bond acceptors (Lipinski definition) is 6. The number of carbonyl (C=O) groups is 4. The Labute approximate surface area is 222 Å². The number of likely N-dealkylation sites (tertiary alicyclic amines) is 1. The van der Waals surface area contributed by atoms with Gasteiger partial charge in [-0.15, -0.1) is 0 Å². The summed E-state index contributed by atoms with van der Waals surface area (Å²) in [5.41, 5.74) is -1.61. The molecule has 2 aliphatic rings. The quantitative estimate of drug-likeness (QED) is 0.338. The van der Waals surface area contributed by atoms with Crippen molar-refractivity contribution in [3.63, 3.8) is 0 Å². The lowest BCUT2D eigenvalue weighted by Gasteiger charge is -2.51. The zero-order valence-corrected chi connectivity index (χ0v) is 22.5. The second kappa shape index (κ2) is 11.5. The summed E-state index contributed by atoms with van der Waals surface area (Å²) in [6, 6.07) is 6.57. The van der Waals surface area contributed by atoms with Gasteiger partial charge in [-0.05, 0) is 49.3 Å². The summed E-state index contributed by atoms with van der Waals surface area (Å²) >= 11 is 6.03. The molecule has 3 rings (SSSR count). The SMILES string of the molecule is C[C@@H](CN1CC[C@](O)(c2ccc(Cl)cc2)C(C)(C)C1)C(C=O)NC(=O)[C@@H]1CCC(CC=O)(NC(=O)O)C1. The van der Waals surface area contributed by atoms with E-state index in [0.717, 1.165) is 11.8 Å². The molecule has 0 spiro atoms. The van der Waals surface area contributed by atoms with Crippen LogP contribution in [-0.2, 0) is 20.0 Å². The van der Waals surface area contributed by atoms with Gasteiger partial charge < -0.3 is 35.3 Å². The molecule has 10 heteroatoms. The third kappa shape index (κ3) is 6.51. The van der Waals surface area contributed by atoms with Crippen molar-refractivity contribution in [2.24, 2.45) is 17.3 Å². The van der Waals surface area contributed by atoms with Crippen molar-refractivity contribution in [3.8, 4) is 0 Å². The molecule has 1 aliphatic heterocycles. The predicted molar refractivity (Wildman–Crippen MR) is 139 cm³/mol. The molecule has 1 saturated heterocycles. The number of carbonyl (C=O) groups excluding carboxylic acids is 3. The van der Waals surface area contributed by atoms with Crippen LogP contribution >= 0.6 is 11.6 Å². The Morgan fingerprint density at radius 1 is 1.22 bits per heavy atom. The highest BCUT2D eigenvalue weighted by molar-refractivity contribution is 6.30. The van der Waals surface area contributed by atoms with Crippen LogP contribution in [0.15, 0.2) is 24.3 Å². The van der Waals surface area contributed by atoms with Gasteiger partial charge in [0.05, 0.1) is 17.2 Å². The molecule has 2 amide bonds. The molecular formula is C27H38ClN3O6. The largest absolute Gasteiger partial charge is 0.465 e. The minimum atomic E-state index is -1.23. The maximum Gasteiger partial charge on any atom is 0.405 e. The molecule has 0 radical (unpaired) electrons. The lowest BCUT2D eigenvalue weighted by Crippen LogP contribution is -2.57. The highest BCUT2D eigenvalue weighted by Gasteiger charge is 2.49. The Morgan fingerprint density at radius 2 is 1.89 bits per heavy atom. The first-order valence-corrected chi connectivity index (χ1v) is 13.1. The number of amides is 2. The van der Waals surface area contributed by atoms with E-state index in [-0.39, 0.29) is 24.7 Å². The monoisotopic (exact) mass is 535 g/mol. The van der Waals surface area contributed by atoms with E-state index in [9.17, 15) is 24.3 Å². The third-order valence-electron chi connectivity index (χ3n) is 8.29. The molecule has 0 aromatic heterocycles. The van der Waals surface area contributed by atoms with Crippen molar-refractivity contribution in [2.45, 2.75) is 70.1 Å². The number of nitrogens with zero attached hydrogens (tertiary/aromatic N) is 1. The fourth-order valence-corrected chi connectivity index (χ4v) is 6.17. The normalized spacial score (nSPS) is 29.2. The Morgan fingerprint density at radius 3 is 2.46 bits per heavy atom.